The normalized spacial score (nSPS) is 10.9. The molecule has 3 nitrogen and oxygen atoms in total. The number of phenolic OH excluding ortho intramolecular Hbond substituents is 1. The van der Waals surface area contributed by atoms with E-state index in [1.54, 1.807) is 0 Å². The molecule has 5 heteroatoms. The van der Waals surface area contributed by atoms with Crippen LogP contribution in [-0.4, -0.2) is 28.6 Å². The van der Waals surface area contributed by atoms with Gasteiger partial charge in [-0.2, -0.15) is 0 Å². The van der Waals surface area contributed by atoms with Gasteiger partial charge in [0.1, 0.15) is 5.52 Å². The first-order valence-corrected chi connectivity index (χ1v) is 6.37. The van der Waals surface area contributed by atoms with Crippen LogP contribution in [0.1, 0.15) is 5.69 Å². The van der Waals surface area contributed by atoms with Crippen LogP contribution in [0.15, 0.2) is 18.2 Å². The van der Waals surface area contributed by atoms with Crippen LogP contribution in [0.3, 0.4) is 0 Å². The van der Waals surface area contributed by atoms with Gasteiger partial charge < -0.3 is 5.11 Å². The Bertz CT molecular complexity index is 665. The predicted molar refractivity (Wildman–Crippen MR) is 78.6 cm³/mol. The first-order valence-electron chi connectivity index (χ1n) is 5.61. The van der Waals surface area contributed by atoms with Gasteiger partial charge in [-0.25, -0.2) is 4.98 Å². The van der Waals surface area contributed by atoms with E-state index in [2.05, 4.69) is 10.9 Å². The molecule has 0 unspecified atom stereocenters. The Morgan fingerprint density at radius 3 is 2.79 bits per heavy atom. The lowest BCUT2D eigenvalue weighted by Gasteiger charge is -2.13. The van der Waals surface area contributed by atoms with Crippen LogP contribution in [-0.2, 0) is 6.54 Å². The monoisotopic (exact) mass is 294 g/mol. The molecule has 0 atom stereocenters. The minimum absolute atomic E-state index is 0.0532. The molecule has 0 spiro atoms. The summed E-state index contributed by atoms with van der Waals surface area (Å²) in [5.74, 6) is 2.51. The van der Waals surface area contributed by atoms with Crippen molar-refractivity contribution in [3.8, 4) is 18.1 Å². The van der Waals surface area contributed by atoms with Crippen molar-refractivity contribution in [2.24, 2.45) is 0 Å². The van der Waals surface area contributed by atoms with Crippen molar-refractivity contribution >= 4 is 34.1 Å². The Labute approximate surface area is 121 Å². The maximum atomic E-state index is 9.95. The van der Waals surface area contributed by atoms with Gasteiger partial charge in [0.2, 0.25) is 0 Å². The second-order valence-electron chi connectivity index (χ2n) is 4.26. The van der Waals surface area contributed by atoms with E-state index >= 15 is 0 Å². The fourth-order valence-electron chi connectivity index (χ4n) is 1.82. The van der Waals surface area contributed by atoms with Gasteiger partial charge in [-0.1, -0.05) is 29.1 Å². The largest absolute Gasteiger partial charge is 0.504 e. The van der Waals surface area contributed by atoms with Gasteiger partial charge in [0.25, 0.3) is 0 Å². The summed E-state index contributed by atoms with van der Waals surface area (Å²) in [6.07, 6.45) is 5.25. The maximum Gasteiger partial charge on any atom is 0.160 e. The van der Waals surface area contributed by atoms with Gasteiger partial charge >= 0.3 is 0 Å². The standard InChI is InChI=1S/C14H12Cl2N2O/c1-3-6-18(2)8-9-4-5-10-11(15)7-12(16)14(19)13(10)17-9/h1,4-5,7,19H,6,8H2,2H3. The highest BCUT2D eigenvalue weighted by Gasteiger charge is 2.11. The highest BCUT2D eigenvalue weighted by Crippen LogP contribution is 2.36. The molecule has 0 saturated heterocycles. The Morgan fingerprint density at radius 1 is 1.37 bits per heavy atom. The van der Waals surface area contributed by atoms with Gasteiger partial charge in [-0.3, -0.25) is 4.90 Å². The number of pyridine rings is 1. The highest BCUT2D eigenvalue weighted by molar-refractivity contribution is 6.39. The third-order valence-corrected chi connectivity index (χ3v) is 3.31. The summed E-state index contributed by atoms with van der Waals surface area (Å²) in [5, 5.41) is 11.3. The Balaban J connectivity index is 2.46. The predicted octanol–water partition coefficient (Wildman–Crippen LogP) is 3.31. The van der Waals surface area contributed by atoms with E-state index < -0.39 is 0 Å². The van der Waals surface area contributed by atoms with Crippen LogP contribution in [0.5, 0.6) is 5.75 Å². The Kier molecular flexibility index (Phi) is 4.16. The smallest absolute Gasteiger partial charge is 0.160 e. The summed E-state index contributed by atoms with van der Waals surface area (Å²) >= 11 is 12.0. The van der Waals surface area contributed by atoms with Crippen LogP contribution >= 0.6 is 23.2 Å². The highest BCUT2D eigenvalue weighted by atomic mass is 35.5. The molecule has 0 saturated carbocycles. The van der Waals surface area contributed by atoms with Crippen LogP contribution < -0.4 is 0 Å². The van der Waals surface area contributed by atoms with Crippen molar-refractivity contribution in [2.75, 3.05) is 13.6 Å². The molecule has 1 aromatic heterocycles. The van der Waals surface area contributed by atoms with Crippen LogP contribution in [0, 0.1) is 12.3 Å². The van der Waals surface area contributed by atoms with Crippen LogP contribution in [0.4, 0.5) is 0 Å². The number of aromatic hydroxyl groups is 1. The molecule has 2 aromatic rings. The summed E-state index contributed by atoms with van der Waals surface area (Å²) in [6, 6.07) is 5.18. The van der Waals surface area contributed by atoms with Crippen LogP contribution in [0.25, 0.3) is 10.9 Å². The van der Waals surface area contributed by atoms with Crippen molar-refractivity contribution in [1.29, 1.82) is 0 Å². The first-order chi connectivity index (χ1) is 9.02. The molecule has 1 aromatic carbocycles. The Hall–Kier alpha value is -1.47. The molecule has 0 aliphatic carbocycles. The molecule has 0 fully saturated rings. The molecule has 0 radical (unpaired) electrons. The number of benzene rings is 1. The molecular weight excluding hydrogens is 283 g/mol. The number of terminal acetylenes is 1. The van der Waals surface area contributed by atoms with E-state index in [9.17, 15) is 5.11 Å². The molecule has 98 valence electrons. The lowest BCUT2D eigenvalue weighted by molar-refractivity contribution is 0.364. The van der Waals surface area contributed by atoms with E-state index in [0.717, 1.165) is 5.69 Å². The quantitative estimate of drug-likeness (QED) is 0.883. The zero-order valence-corrected chi connectivity index (χ0v) is 11.8. The molecule has 0 aliphatic heterocycles. The molecular formula is C14H12Cl2N2O. The second kappa shape index (κ2) is 5.66. The number of fused-ring (bicyclic) bond motifs is 1. The van der Waals surface area contributed by atoms with Crippen molar-refractivity contribution in [1.82, 2.24) is 9.88 Å². The fraction of sp³-hybridized carbons (Fsp3) is 0.214. The number of aromatic nitrogens is 1. The van der Waals surface area contributed by atoms with Gasteiger partial charge in [-0.05, 0) is 25.2 Å². The van der Waals surface area contributed by atoms with Crippen LogP contribution in [0.2, 0.25) is 10.0 Å². The fourth-order valence-corrected chi connectivity index (χ4v) is 2.34. The van der Waals surface area contributed by atoms with E-state index in [1.807, 2.05) is 24.1 Å². The number of hydrogen-bond acceptors (Lipinski definition) is 3. The van der Waals surface area contributed by atoms with Gasteiger partial charge in [-0.15, -0.1) is 6.42 Å². The molecule has 0 aliphatic rings. The molecule has 1 heterocycles. The SMILES string of the molecule is C#CCN(C)Cc1ccc2c(Cl)cc(Cl)c(O)c2n1. The molecule has 0 amide bonds. The summed E-state index contributed by atoms with van der Waals surface area (Å²) in [7, 11) is 1.90. The van der Waals surface area contributed by atoms with E-state index in [4.69, 9.17) is 29.6 Å². The average Bonchev–Trinajstić information content (AvgIpc) is 2.36. The average molecular weight is 295 g/mol. The van der Waals surface area contributed by atoms with Crippen molar-refractivity contribution in [2.45, 2.75) is 6.54 Å². The number of rotatable bonds is 3. The third-order valence-electron chi connectivity index (χ3n) is 2.71. The van der Waals surface area contributed by atoms with E-state index in [0.29, 0.717) is 29.0 Å². The zero-order valence-electron chi connectivity index (χ0n) is 10.3. The Morgan fingerprint density at radius 2 is 2.11 bits per heavy atom. The molecule has 2 rings (SSSR count). The third kappa shape index (κ3) is 2.93. The van der Waals surface area contributed by atoms with Gasteiger partial charge in [0.05, 0.1) is 22.3 Å². The van der Waals surface area contributed by atoms with E-state index in [1.165, 1.54) is 6.07 Å². The zero-order chi connectivity index (χ0) is 14.0. The number of hydrogen-bond donors (Lipinski definition) is 1. The lowest BCUT2D eigenvalue weighted by Crippen LogP contribution is -2.18. The summed E-state index contributed by atoms with van der Waals surface area (Å²) in [4.78, 5) is 6.33. The minimum atomic E-state index is -0.0532. The lowest BCUT2D eigenvalue weighted by atomic mass is 10.2. The molecule has 19 heavy (non-hydrogen) atoms. The summed E-state index contributed by atoms with van der Waals surface area (Å²) in [6.45, 7) is 1.12. The summed E-state index contributed by atoms with van der Waals surface area (Å²) in [5.41, 5.74) is 1.20. The maximum absolute atomic E-state index is 9.95. The number of nitrogens with zero attached hydrogens (tertiary/aromatic N) is 2. The number of halogens is 2. The second-order valence-corrected chi connectivity index (χ2v) is 5.08. The van der Waals surface area contributed by atoms with Gasteiger partial charge in [0, 0.05) is 11.9 Å². The minimum Gasteiger partial charge on any atom is -0.504 e. The summed E-state index contributed by atoms with van der Waals surface area (Å²) < 4.78 is 0. The molecule has 1 N–H and O–H groups in total. The van der Waals surface area contributed by atoms with Crippen molar-refractivity contribution in [3.63, 3.8) is 0 Å². The van der Waals surface area contributed by atoms with Crippen molar-refractivity contribution in [3.05, 3.63) is 33.9 Å². The first kappa shape index (κ1) is 14.0. The van der Waals surface area contributed by atoms with E-state index in [-0.39, 0.29) is 10.8 Å². The van der Waals surface area contributed by atoms with Gasteiger partial charge in [0.15, 0.2) is 5.75 Å². The number of phenols is 1. The van der Waals surface area contributed by atoms with Crippen molar-refractivity contribution < 1.29 is 5.11 Å². The topological polar surface area (TPSA) is 36.4 Å². The molecule has 0 bridgehead atoms.